The van der Waals surface area contributed by atoms with Gasteiger partial charge in [0.2, 0.25) is 11.8 Å². The summed E-state index contributed by atoms with van der Waals surface area (Å²) in [5, 5.41) is 2.88. The van der Waals surface area contributed by atoms with Crippen LogP contribution in [0.5, 0.6) is 5.75 Å². The predicted octanol–water partition coefficient (Wildman–Crippen LogP) is 2.95. The van der Waals surface area contributed by atoms with Crippen LogP contribution in [0.4, 0.5) is 0 Å². The van der Waals surface area contributed by atoms with Crippen molar-refractivity contribution in [3.8, 4) is 5.75 Å². The number of hydrogen-bond donors (Lipinski definition) is 1. The fourth-order valence-corrected chi connectivity index (χ4v) is 5.84. The van der Waals surface area contributed by atoms with Crippen molar-refractivity contribution < 1.29 is 27.5 Å². The molecule has 1 atom stereocenters. The third-order valence-electron chi connectivity index (χ3n) is 5.97. The number of rotatable bonds is 11. The van der Waals surface area contributed by atoms with Crippen molar-refractivity contribution in [2.24, 2.45) is 0 Å². The number of carbonyl (C=O) groups is 3. The van der Waals surface area contributed by atoms with Gasteiger partial charge in [0.05, 0.1) is 12.7 Å². The minimum atomic E-state index is -3.94. The minimum absolute atomic E-state index is 0.0163. The van der Waals surface area contributed by atoms with Crippen LogP contribution in [0.25, 0.3) is 0 Å². The Labute approximate surface area is 212 Å². The molecule has 2 aromatic rings. The Hall–Kier alpha value is -3.40. The van der Waals surface area contributed by atoms with Crippen molar-refractivity contribution >= 4 is 27.7 Å². The summed E-state index contributed by atoms with van der Waals surface area (Å²) >= 11 is 0. The van der Waals surface area contributed by atoms with Crippen molar-refractivity contribution in [1.82, 2.24) is 14.5 Å². The summed E-state index contributed by atoms with van der Waals surface area (Å²) in [7, 11) is -2.38. The fourth-order valence-electron chi connectivity index (χ4n) is 4.24. The maximum Gasteiger partial charge on any atom is 0.269 e. The van der Waals surface area contributed by atoms with Gasteiger partial charge in [0, 0.05) is 25.6 Å². The molecule has 1 heterocycles. The molecule has 0 spiro atoms. The van der Waals surface area contributed by atoms with Gasteiger partial charge in [-0.1, -0.05) is 31.2 Å². The lowest BCUT2D eigenvalue weighted by Crippen LogP contribution is -2.50. The van der Waals surface area contributed by atoms with Gasteiger partial charge in [-0.05, 0) is 56.5 Å². The summed E-state index contributed by atoms with van der Waals surface area (Å²) in [6.07, 6.45) is 0.516. The molecule has 36 heavy (non-hydrogen) atoms. The second-order valence-corrected chi connectivity index (χ2v) is 10.8. The van der Waals surface area contributed by atoms with E-state index in [9.17, 15) is 22.8 Å². The quantitative estimate of drug-likeness (QED) is 0.492. The average molecular weight is 516 g/mol. The van der Waals surface area contributed by atoms with Gasteiger partial charge in [0.25, 0.3) is 15.9 Å². The number of carbonyl (C=O) groups excluding carboxylic acids is 3. The van der Waals surface area contributed by atoms with E-state index in [2.05, 4.69) is 5.32 Å². The molecule has 0 aromatic heterocycles. The number of amides is 3. The highest BCUT2D eigenvalue weighted by molar-refractivity contribution is 7.90. The zero-order chi connectivity index (χ0) is 26.5. The number of hydrogen-bond acceptors (Lipinski definition) is 6. The van der Waals surface area contributed by atoms with E-state index in [1.807, 2.05) is 32.9 Å². The van der Waals surface area contributed by atoms with Crippen LogP contribution in [-0.4, -0.2) is 61.1 Å². The van der Waals surface area contributed by atoms with Crippen LogP contribution < -0.4 is 10.1 Å². The van der Waals surface area contributed by atoms with E-state index in [1.165, 1.54) is 17.0 Å². The average Bonchev–Trinajstić information content (AvgIpc) is 3.04. The van der Waals surface area contributed by atoms with E-state index in [0.29, 0.717) is 12.2 Å². The van der Waals surface area contributed by atoms with Gasteiger partial charge in [-0.2, -0.15) is 0 Å². The van der Waals surface area contributed by atoms with Crippen LogP contribution in [0.1, 0.15) is 56.0 Å². The van der Waals surface area contributed by atoms with Crippen LogP contribution in [0.2, 0.25) is 0 Å². The summed E-state index contributed by atoms with van der Waals surface area (Å²) in [4.78, 5) is 40.5. The van der Waals surface area contributed by atoms with Gasteiger partial charge in [0.1, 0.15) is 16.7 Å². The Kier molecular flexibility index (Phi) is 8.73. The van der Waals surface area contributed by atoms with Gasteiger partial charge in [-0.15, -0.1) is 0 Å². The van der Waals surface area contributed by atoms with E-state index in [4.69, 9.17) is 4.74 Å². The summed E-state index contributed by atoms with van der Waals surface area (Å²) in [6, 6.07) is 12.5. The Balaban J connectivity index is 1.76. The molecular formula is C26H33N3O6S. The van der Waals surface area contributed by atoms with E-state index < -0.39 is 22.0 Å². The second kappa shape index (κ2) is 11.6. The molecule has 0 fully saturated rings. The molecule has 0 bridgehead atoms. The Morgan fingerprint density at radius 1 is 1.11 bits per heavy atom. The molecule has 3 amide bonds. The molecule has 1 unspecified atom stereocenters. The monoisotopic (exact) mass is 515 g/mol. The van der Waals surface area contributed by atoms with Gasteiger partial charge in [-0.3, -0.25) is 14.4 Å². The maximum absolute atomic E-state index is 13.4. The Morgan fingerprint density at radius 3 is 2.47 bits per heavy atom. The van der Waals surface area contributed by atoms with Crippen molar-refractivity contribution in [1.29, 1.82) is 0 Å². The fraction of sp³-hybridized carbons (Fsp3) is 0.423. The van der Waals surface area contributed by atoms with Gasteiger partial charge < -0.3 is 15.0 Å². The van der Waals surface area contributed by atoms with Crippen molar-refractivity contribution in [3.05, 3.63) is 59.7 Å². The topological polar surface area (TPSA) is 113 Å². The molecular weight excluding hydrogens is 482 g/mol. The van der Waals surface area contributed by atoms with Gasteiger partial charge in [-0.25, -0.2) is 12.7 Å². The van der Waals surface area contributed by atoms with E-state index >= 15 is 0 Å². The predicted molar refractivity (Wildman–Crippen MR) is 135 cm³/mol. The molecule has 0 aliphatic carbocycles. The highest BCUT2D eigenvalue weighted by atomic mass is 32.2. The first-order valence-electron chi connectivity index (χ1n) is 12.0. The second-order valence-electron chi connectivity index (χ2n) is 8.94. The van der Waals surface area contributed by atoms with Gasteiger partial charge in [0.15, 0.2) is 0 Å². The molecule has 2 aromatic carbocycles. The number of nitrogens with one attached hydrogen (secondary N) is 1. The molecule has 1 aliphatic rings. The Bertz CT molecular complexity index is 1230. The van der Waals surface area contributed by atoms with Crippen LogP contribution in [0.3, 0.4) is 0 Å². The number of nitrogens with zero attached hydrogens (tertiary/aromatic N) is 2. The van der Waals surface area contributed by atoms with E-state index in [1.54, 1.807) is 31.4 Å². The number of sulfonamides is 1. The van der Waals surface area contributed by atoms with Gasteiger partial charge >= 0.3 is 0 Å². The number of ether oxygens (including phenoxy) is 1. The first kappa shape index (κ1) is 27.2. The number of benzene rings is 2. The summed E-state index contributed by atoms with van der Waals surface area (Å²) in [6.45, 7) is 5.60. The van der Waals surface area contributed by atoms with Crippen molar-refractivity contribution in [2.75, 3.05) is 13.7 Å². The Morgan fingerprint density at radius 2 is 1.83 bits per heavy atom. The van der Waals surface area contributed by atoms with E-state index in [0.717, 1.165) is 9.87 Å². The van der Waals surface area contributed by atoms with Crippen molar-refractivity contribution in [3.63, 3.8) is 0 Å². The normalized spacial score (nSPS) is 14.9. The third kappa shape index (κ3) is 5.87. The molecule has 0 saturated carbocycles. The van der Waals surface area contributed by atoms with E-state index in [-0.39, 0.29) is 54.2 Å². The molecule has 9 nitrogen and oxygen atoms in total. The standard InChI is InChI=1S/C26H33N3O6S/c1-5-22(25(31)27-18(2)3)28(17-19-10-8-11-20(16-19)35-4)24(30)14-9-15-29-26(32)21-12-6-7-13-23(21)36(29,33)34/h6-8,10-13,16,18,22H,5,9,14-15,17H2,1-4H3,(H,27,31). The molecule has 0 radical (unpaired) electrons. The zero-order valence-electron chi connectivity index (χ0n) is 21.1. The smallest absolute Gasteiger partial charge is 0.269 e. The molecule has 3 rings (SSSR count). The van der Waals surface area contributed by atoms with Crippen LogP contribution in [0.15, 0.2) is 53.4 Å². The maximum atomic E-state index is 13.4. The lowest BCUT2D eigenvalue weighted by molar-refractivity contribution is -0.141. The number of methoxy groups -OCH3 is 1. The summed E-state index contributed by atoms with van der Waals surface area (Å²) < 4.78 is 31.7. The zero-order valence-corrected chi connectivity index (χ0v) is 21.9. The lowest BCUT2D eigenvalue weighted by atomic mass is 10.1. The molecule has 10 heteroatoms. The SMILES string of the molecule is CCC(C(=O)NC(C)C)N(Cc1cccc(OC)c1)C(=O)CCCN1C(=O)c2ccccc2S1(=O)=O. The summed E-state index contributed by atoms with van der Waals surface area (Å²) in [5.41, 5.74) is 0.936. The molecule has 1 N–H and O–H groups in total. The number of fused-ring (bicyclic) bond motifs is 1. The van der Waals surface area contributed by atoms with Crippen LogP contribution in [0, 0.1) is 0 Å². The first-order valence-corrected chi connectivity index (χ1v) is 13.4. The summed E-state index contributed by atoms with van der Waals surface area (Å²) in [5.74, 6) is -0.507. The lowest BCUT2D eigenvalue weighted by Gasteiger charge is -2.31. The highest BCUT2D eigenvalue weighted by Crippen LogP contribution is 2.30. The van der Waals surface area contributed by atoms with Crippen LogP contribution in [-0.2, 0) is 26.2 Å². The molecule has 0 saturated heterocycles. The minimum Gasteiger partial charge on any atom is -0.497 e. The van der Waals surface area contributed by atoms with Crippen molar-refractivity contribution in [2.45, 2.75) is 63.6 Å². The van der Waals surface area contributed by atoms with Crippen LogP contribution >= 0.6 is 0 Å². The molecule has 1 aliphatic heterocycles. The molecule has 194 valence electrons. The highest BCUT2D eigenvalue weighted by Gasteiger charge is 2.40. The first-order chi connectivity index (χ1) is 17.1. The third-order valence-corrected chi connectivity index (χ3v) is 7.81. The largest absolute Gasteiger partial charge is 0.497 e.